The number of aromatic nitrogens is 1. The molecule has 0 aliphatic heterocycles. The Morgan fingerprint density at radius 2 is 1.46 bits per heavy atom. The van der Waals surface area contributed by atoms with Gasteiger partial charge in [-0.3, -0.25) is 0 Å². The van der Waals surface area contributed by atoms with Gasteiger partial charge in [0.1, 0.15) is 7.05 Å². The fourth-order valence-electron chi connectivity index (χ4n) is 4.64. The lowest BCUT2D eigenvalue weighted by Crippen LogP contribution is -2.31. The highest BCUT2D eigenvalue weighted by Crippen LogP contribution is 2.43. The molecule has 1 aliphatic rings. The molecule has 1 heteroatoms. The molecule has 3 aromatic rings. The van der Waals surface area contributed by atoms with Gasteiger partial charge in [-0.15, -0.1) is 0 Å². The smallest absolute Gasteiger partial charge is 0.201 e. The number of nitrogens with zero attached hydrogens (tertiary/aromatic N) is 1. The van der Waals surface area contributed by atoms with E-state index in [1.54, 1.807) is 11.1 Å². The molecule has 1 aliphatic carbocycles. The van der Waals surface area contributed by atoms with E-state index < -0.39 is 0 Å². The second kappa shape index (κ2) is 6.39. The molecule has 1 heterocycles. The van der Waals surface area contributed by atoms with Crippen LogP contribution in [0, 0.1) is 13.8 Å². The maximum Gasteiger partial charge on any atom is 0.213 e. The minimum Gasteiger partial charge on any atom is -0.201 e. The molecule has 0 spiro atoms. The van der Waals surface area contributed by atoms with Crippen molar-refractivity contribution in [3.05, 3.63) is 77.0 Å². The van der Waals surface area contributed by atoms with Crippen molar-refractivity contribution in [2.45, 2.75) is 46.0 Å². The average molecular weight is 343 g/mol. The van der Waals surface area contributed by atoms with E-state index in [2.05, 4.69) is 94.0 Å². The SMILES string of the molecule is Cc1c[n+](C)c(-c2cc3c(cc2C)C(C)CC3C)cc1-c1ccccc1. The van der Waals surface area contributed by atoms with E-state index in [0.29, 0.717) is 11.8 Å². The molecule has 26 heavy (non-hydrogen) atoms. The van der Waals surface area contributed by atoms with Crippen LogP contribution in [0.2, 0.25) is 0 Å². The van der Waals surface area contributed by atoms with Crippen LogP contribution in [0.3, 0.4) is 0 Å². The molecule has 0 fully saturated rings. The summed E-state index contributed by atoms with van der Waals surface area (Å²) < 4.78 is 2.28. The maximum atomic E-state index is 2.46. The van der Waals surface area contributed by atoms with Gasteiger partial charge in [-0.25, -0.2) is 4.57 Å². The maximum absolute atomic E-state index is 2.46. The van der Waals surface area contributed by atoms with Crippen LogP contribution in [0.4, 0.5) is 0 Å². The summed E-state index contributed by atoms with van der Waals surface area (Å²) in [6.45, 7) is 9.19. The Hall–Kier alpha value is -2.41. The molecule has 0 bridgehead atoms. The van der Waals surface area contributed by atoms with Gasteiger partial charge in [0.2, 0.25) is 5.69 Å². The molecule has 2 unspecified atom stereocenters. The van der Waals surface area contributed by atoms with E-state index >= 15 is 0 Å². The van der Waals surface area contributed by atoms with Crippen LogP contribution >= 0.6 is 0 Å². The Labute approximate surface area is 157 Å². The van der Waals surface area contributed by atoms with Crippen LogP contribution in [0.15, 0.2) is 54.7 Å². The number of fused-ring (bicyclic) bond motifs is 1. The summed E-state index contributed by atoms with van der Waals surface area (Å²) >= 11 is 0. The topological polar surface area (TPSA) is 3.88 Å². The molecule has 0 saturated carbocycles. The van der Waals surface area contributed by atoms with Crippen LogP contribution < -0.4 is 4.57 Å². The number of hydrogen-bond acceptors (Lipinski definition) is 0. The lowest BCUT2D eigenvalue weighted by molar-refractivity contribution is -0.660. The Morgan fingerprint density at radius 1 is 0.808 bits per heavy atom. The third-order valence-electron chi connectivity index (χ3n) is 6.03. The molecular formula is C25H28N+. The van der Waals surface area contributed by atoms with Gasteiger partial charge in [0.25, 0.3) is 0 Å². The van der Waals surface area contributed by atoms with E-state index in [9.17, 15) is 0 Å². The number of pyridine rings is 1. The lowest BCUT2D eigenvalue weighted by Gasteiger charge is -2.13. The van der Waals surface area contributed by atoms with Crippen molar-refractivity contribution < 1.29 is 4.57 Å². The molecule has 1 nitrogen and oxygen atoms in total. The summed E-state index contributed by atoms with van der Waals surface area (Å²) in [7, 11) is 2.16. The van der Waals surface area contributed by atoms with Crippen molar-refractivity contribution in [2.24, 2.45) is 7.05 Å². The molecule has 0 N–H and O–H groups in total. The van der Waals surface area contributed by atoms with Crippen molar-refractivity contribution in [3.63, 3.8) is 0 Å². The monoisotopic (exact) mass is 342 g/mol. The highest BCUT2D eigenvalue weighted by Gasteiger charge is 2.27. The molecular weight excluding hydrogens is 314 g/mol. The predicted octanol–water partition coefficient (Wildman–Crippen LogP) is 6.07. The first-order valence-electron chi connectivity index (χ1n) is 9.66. The first-order chi connectivity index (χ1) is 12.5. The zero-order valence-corrected chi connectivity index (χ0v) is 16.5. The molecule has 0 saturated heterocycles. The van der Waals surface area contributed by atoms with Gasteiger partial charge in [0.05, 0.1) is 0 Å². The molecule has 4 rings (SSSR count). The molecule has 0 amide bonds. The Kier molecular flexibility index (Phi) is 4.19. The zero-order valence-electron chi connectivity index (χ0n) is 16.5. The Bertz CT molecular complexity index is 969. The fourth-order valence-corrected chi connectivity index (χ4v) is 4.64. The first-order valence-corrected chi connectivity index (χ1v) is 9.66. The van der Waals surface area contributed by atoms with Gasteiger partial charge < -0.3 is 0 Å². The van der Waals surface area contributed by atoms with Crippen molar-refractivity contribution in [3.8, 4) is 22.4 Å². The van der Waals surface area contributed by atoms with Crippen LogP contribution in [-0.2, 0) is 7.05 Å². The molecule has 0 radical (unpaired) electrons. The Balaban J connectivity index is 1.91. The summed E-state index contributed by atoms with van der Waals surface area (Å²) in [6, 6.07) is 18.0. The number of benzene rings is 2. The second-order valence-electron chi connectivity index (χ2n) is 8.07. The van der Waals surface area contributed by atoms with Crippen LogP contribution in [-0.4, -0.2) is 0 Å². The highest BCUT2D eigenvalue weighted by atomic mass is 14.9. The Morgan fingerprint density at radius 3 is 2.15 bits per heavy atom. The standard InChI is InChI=1S/C25H28N/c1-16-11-17(2)23-13-24(18(3)12-22(16)23)25-14-21(19(4)15-26(25)5)20-9-7-6-8-10-20/h6-10,12-17H,11H2,1-5H3/q+1. The van der Waals surface area contributed by atoms with Crippen molar-refractivity contribution in [1.82, 2.24) is 0 Å². The average Bonchev–Trinajstić information content (AvgIpc) is 2.89. The van der Waals surface area contributed by atoms with Crippen molar-refractivity contribution >= 4 is 0 Å². The van der Waals surface area contributed by atoms with Gasteiger partial charge in [0, 0.05) is 17.2 Å². The molecule has 132 valence electrons. The first kappa shape index (κ1) is 17.0. The van der Waals surface area contributed by atoms with Crippen molar-refractivity contribution in [1.29, 1.82) is 0 Å². The van der Waals surface area contributed by atoms with E-state index in [0.717, 1.165) is 0 Å². The summed E-state index contributed by atoms with van der Waals surface area (Å²) in [6.07, 6.45) is 3.53. The molecule has 2 aromatic carbocycles. The van der Waals surface area contributed by atoms with Gasteiger partial charge in [0.15, 0.2) is 6.20 Å². The largest absolute Gasteiger partial charge is 0.213 e. The quantitative estimate of drug-likeness (QED) is 0.497. The fraction of sp³-hybridized carbons (Fsp3) is 0.320. The minimum absolute atomic E-state index is 0.656. The van der Waals surface area contributed by atoms with Gasteiger partial charge in [-0.1, -0.05) is 50.2 Å². The number of hydrogen-bond donors (Lipinski definition) is 0. The predicted molar refractivity (Wildman–Crippen MR) is 109 cm³/mol. The van der Waals surface area contributed by atoms with E-state index in [4.69, 9.17) is 0 Å². The van der Waals surface area contributed by atoms with Gasteiger partial charge in [-0.2, -0.15) is 0 Å². The second-order valence-corrected chi connectivity index (χ2v) is 8.07. The van der Waals surface area contributed by atoms with E-state index in [1.807, 2.05) is 0 Å². The minimum atomic E-state index is 0.656. The van der Waals surface area contributed by atoms with Gasteiger partial charge in [-0.05, 0) is 66.0 Å². The van der Waals surface area contributed by atoms with Crippen LogP contribution in [0.25, 0.3) is 22.4 Å². The van der Waals surface area contributed by atoms with Gasteiger partial charge >= 0.3 is 0 Å². The molecule has 2 atom stereocenters. The van der Waals surface area contributed by atoms with Crippen molar-refractivity contribution in [2.75, 3.05) is 0 Å². The third kappa shape index (κ3) is 2.76. The third-order valence-corrected chi connectivity index (χ3v) is 6.03. The highest BCUT2D eigenvalue weighted by molar-refractivity contribution is 5.73. The number of aryl methyl sites for hydroxylation is 3. The molecule has 1 aromatic heterocycles. The summed E-state index contributed by atoms with van der Waals surface area (Å²) in [4.78, 5) is 0. The number of rotatable bonds is 2. The van der Waals surface area contributed by atoms with Crippen LogP contribution in [0.1, 0.15) is 54.4 Å². The lowest BCUT2D eigenvalue weighted by atomic mass is 9.92. The normalized spacial score (nSPS) is 18.8. The van der Waals surface area contributed by atoms with Crippen LogP contribution in [0.5, 0.6) is 0 Å². The van der Waals surface area contributed by atoms with E-state index in [1.165, 1.54) is 39.9 Å². The zero-order chi connectivity index (χ0) is 18.4. The summed E-state index contributed by atoms with van der Waals surface area (Å²) in [5, 5.41) is 0. The summed E-state index contributed by atoms with van der Waals surface area (Å²) in [5.41, 5.74) is 11.0. The van der Waals surface area contributed by atoms with E-state index in [-0.39, 0.29) is 0 Å². The summed E-state index contributed by atoms with van der Waals surface area (Å²) in [5.74, 6) is 1.34.